The van der Waals surface area contributed by atoms with Crippen LogP contribution in [0, 0.1) is 0 Å². The fraction of sp³-hybridized carbons (Fsp3) is 0.417. The molecule has 2 aliphatic heterocycles. The molecular formula is C24H29N3O6S. The smallest absolute Gasteiger partial charge is 0.262 e. The number of fused-ring (bicyclic) bond motifs is 1. The van der Waals surface area contributed by atoms with Gasteiger partial charge in [0.05, 0.1) is 16.1 Å². The van der Waals surface area contributed by atoms with Gasteiger partial charge in [0.2, 0.25) is 5.91 Å². The molecule has 4 rings (SSSR count). The molecule has 2 N–H and O–H groups in total. The van der Waals surface area contributed by atoms with E-state index in [2.05, 4.69) is 10.0 Å². The summed E-state index contributed by atoms with van der Waals surface area (Å²) in [4.78, 5) is 27.1. The van der Waals surface area contributed by atoms with Crippen LogP contribution in [0.4, 0.5) is 5.69 Å². The second kappa shape index (κ2) is 10.8. The van der Waals surface area contributed by atoms with Gasteiger partial charge in [-0.05, 0) is 37.1 Å². The van der Waals surface area contributed by atoms with Gasteiger partial charge in [0.15, 0.2) is 11.5 Å². The minimum atomic E-state index is -3.98. The van der Waals surface area contributed by atoms with Crippen molar-refractivity contribution in [3.63, 3.8) is 0 Å². The predicted octanol–water partition coefficient (Wildman–Crippen LogP) is 2.78. The van der Waals surface area contributed by atoms with Gasteiger partial charge >= 0.3 is 0 Å². The highest BCUT2D eigenvalue weighted by atomic mass is 32.2. The second-order valence-electron chi connectivity index (χ2n) is 8.26. The molecule has 0 spiro atoms. The van der Waals surface area contributed by atoms with Crippen molar-refractivity contribution in [2.45, 2.75) is 37.0 Å². The molecule has 0 bridgehead atoms. The number of ether oxygens (including phenoxy) is 2. The fourth-order valence-corrected chi connectivity index (χ4v) is 5.12. The summed E-state index contributed by atoms with van der Waals surface area (Å²) in [6.07, 6.45) is 4.50. The molecule has 1 fully saturated rings. The van der Waals surface area contributed by atoms with Gasteiger partial charge in [-0.25, -0.2) is 8.42 Å². The van der Waals surface area contributed by atoms with E-state index in [1.807, 2.05) is 4.90 Å². The lowest BCUT2D eigenvalue weighted by molar-refractivity contribution is -0.131. The number of hydrogen-bond donors (Lipinski definition) is 2. The third-order valence-electron chi connectivity index (χ3n) is 5.82. The summed E-state index contributed by atoms with van der Waals surface area (Å²) in [5, 5.41) is 2.73. The summed E-state index contributed by atoms with van der Waals surface area (Å²) in [7, 11) is -3.98. The van der Waals surface area contributed by atoms with Gasteiger partial charge in [0, 0.05) is 32.1 Å². The molecule has 9 nitrogen and oxygen atoms in total. The number of nitrogens with zero attached hydrogens (tertiary/aromatic N) is 1. The van der Waals surface area contributed by atoms with Crippen molar-refractivity contribution < 1.29 is 27.5 Å². The van der Waals surface area contributed by atoms with Gasteiger partial charge in [-0.15, -0.1) is 0 Å². The summed E-state index contributed by atoms with van der Waals surface area (Å²) in [5.74, 6) is 0.410. The largest absolute Gasteiger partial charge is 0.486 e. The van der Waals surface area contributed by atoms with Crippen LogP contribution in [0.2, 0.25) is 0 Å². The Morgan fingerprint density at radius 1 is 0.912 bits per heavy atom. The first kappa shape index (κ1) is 23.9. The molecule has 10 heteroatoms. The van der Waals surface area contributed by atoms with E-state index >= 15 is 0 Å². The number of carbonyl (C=O) groups excluding carboxylic acids is 2. The Kier molecular flexibility index (Phi) is 7.56. The quantitative estimate of drug-likeness (QED) is 0.621. The van der Waals surface area contributed by atoms with Gasteiger partial charge in [0.1, 0.15) is 13.2 Å². The zero-order valence-electron chi connectivity index (χ0n) is 18.9. The number of anilines is 1. The van der Waals surface area contributed by atoms with Crippen LogP contribution in [0.25, 0.3) is 0 Å². The molecular weight excluding hydrogens is 458 g/mol. The molecule has 182 valence electrons. The summed E-state index contributed by atoms with van der Waals surface area (Å²) in [6.45, 7) is 2.45. The molecule has 1 saturated heterocycles. The van der Waals surface area contributed by atoms with Crippen molar-refractivity contribution in [2.24, 2.45) is 0 Å². The number of sulfonamides is 1. The Balaban J connectivity index is 1.40. The van der Waals surface area contributed by atoms with Crippen LogP contribution in [0.1, 0.15) is 42.5 Å². The van der Waals surface area contributed by atoms with Crippen LogP contribution in [0.15, 0.2) is 47.4 Å². The SMILES string of the molecule is O=C(NCCC(=O)N1CCCCCC1)c1ccccc1NS(=O)(=O)c1ccc2c(c1)OCCO2. The molecule has 0 aromatic heterocycles. The second-order valence-corrected chi connectivity index (χ2v) is 9.94. The monoisotopic (exact) mass is 487 g/mol. The Bertz CT molecular complexity index is 1140. The Morgan fingerprint density at radius 3 is 2.38 bits per heavy atom. The van der Waals surface area contributed by atoms with Crippen molar-refractivity contribution >= 4 is 27.5 Å². The lowest BCUT2D eigenvalue weighted by atomic mass is 10.1. The molecule has 34 heavy (non-hydrogen) atoms. The van der Waals surface area contributed by atoms with Crippen LogP contribution in [-0.4, -0.2) is 58.0 Å². The first-order valence-electron chi connectivity index (χ1n) is 11.5. The van der Waals surface area contributed by atoms with E-state index in [4.69, 9.17) is 9.47 Å². The van der Waals surface area contributed by atoms with Gasteiger partial charge in [-0.2, -0.15) is 0 Å². The maximum atomic E-state index is 13.0. The Morgan fingerprint density at radius 2 is 1.62 bits per heavy atom. The minimum Gasteiger partial charge on any atom is -0.486 e. The van der Waals surface area contributed by atoms with E-state index < -0.39 is 15.9 Å². The molecule has 0 atom stereocenters. The van der Waals surface area contributed by atoms with Crippen molar-refractivity contribution in [2.75, 3.05) is 37.6 Å². The maximum Gasteiger partial charge on any atom is 0.262 e. The first-order chi connectivity index (χ1) is 16.4. The first-order valence-corrected chi connectivity index (χ1v) is 13.0. The normalized spacial score (nSPS) is 15.8. The van der Waals surface area contributed by atoms with Crippen molar-refractivity contribution in [3.05, 3.63) is 48.0 Å². The summed E-state index contributed by atoms with van der Waals surface area (Å²) < 4.78 is 39.4. The third-order valence-corrected chi connectivity index (χ3v) is 7.19. The number of benzene rings is 2. The molecule has 2 amide bonds. The van der Waals surface area contributed by atoms with Crippen molar-refractivity contribution in [1.29, 1.82) is 0 Å². The summed E-state index contributed by atoms with van der Waals surface area (Å²) in [6, 6.07) is 10.7. The predicted molar refractivity (Wildman–Crippen MR) is 127 cm³/mol. The summed E-state index contributed by atoms with van der Waals surface area (Å²) in [5.41, 5.74) is 0.319. The number of likely N-dealkylation sites (tertiary alicyclic amines) is 1. The van der Waals surface area contributed by atoms with E-state index in [1.54, 1.807) is 18.2 Å². The van der Waals surface area contributed by atoms with Gasteiger partial charge in [-0.1, -0.05) is 25.0 Å². The maximum absolute atomic E-state index is 13.0. The van der Waals surface area contributed by atoms with E-state index in [1.165, 1.54) is 24.3 Å². The standard InChI is InChI=1S/C24H29N3O6S/c28-23(27-13-5-1-2-6-14-27)11-12-25-24(29)19-7-3-4-8-20(19)26-34(30,31)18-9-10-21-22(17-18)33-16-15-32-21/h3-4,7-10,17,26H,1-2,5-6,11-16H2,(H,25,29). The number of nitrogens with one attached hydrogen (secondary N) is 2. The number of para-hydroxylation sites is 1. The Labute approximate surface area is 199 Å². The van der Waals surface area contributed by atoms with E-state index in [0.29, 0.717) is 24.7 Å². The van der Waals surface area contributed by atoms with Gasteiger partial charge < -0.3 is 19.7 Å². The molecule has 2 aliphatic rings. The van der Waals surface area contributed by atoms with Crippen LogP contribution in [0.3, 0.4) is 0 Å². The highest BCUT2D eigenvalue weighted by molar-refractivity contribution is 7.92. The average Bonchev–Trinajstić information content (AvgIpc) is 3.13. The van der Waals surface area contributed by atoms with Crippen molar-refractivity contribution in [3.8, 4) is 11.5 Å². The highest BCUT2D eigenvalue weighted by Gasteiger charge is 2.22. The molecule has 2 heterocycles. The zero-order chi connectivity index (χ0) is 24.0. The summed E-state index contributed by atoms with van der Waals surface area (Å²) >= 11 is 0. The average molecular weight is 488 g/mol. The number of rotatable bonds is 7. The van der Waals surface area contributed by atoms with E-state index in [-0.39, 0.29) is 35.0 Å². The lowest BCUT2D eigenvalue weighted by Crippen LogP contribution is -2.35. The number of carbonyl (C=O) groups is 2. The molecule has 0 radical (unpaired) electrons. The topological polar surface area (TPSA) is 114 Å². The molecule has 2 aromatic carbocycles. The van der Waals surface area contributed by atoms with Crippen LogP contribution < -0.4 is 19.5 Å². The zero-order valence-corrected chi connectivity index (χ0v) is 19.7. The van der Waals surface area contributed by atoms with E-state index in [0.717, 1.165) is 38.8 Å². The fourth-order valence-electron chi connectivity index (χ4n) is 4.02. The minimum absolute atomic E-state index is 0.00462. The molecule has 0 saturated carbocycles. The lowest BCUT2D eigenvalue weighted by Gasteiger charge is -2.20. The molecule has 2 aromatic rings. The third kappa shape index (κ3) is 5.80. The Hall–Kier alpha value is -3.27. The van der Waals surface area contributed by atoms with Gasteiger partial charge in [0.25, 0.3) is 15.9 Å². The molecule has 0 unspecified atom stereocenters. The van der Waals surface area contributed by atoms with Crippen LogP contribution >= 0.6 is 0 Å². The molecule has 0 aliphatic carbocycles. The number of hydrogen-bond acceptors (Lipinski definition) is 6. The number of amides is 2. The van der Waals surface area contributed by atoms with Gasteiger partial charge in [-0.3, -0.25) is 14.3 Å². The van der Waals surface area contributed by atoms with Crippen LogP contribution in [-0.2, 0) is 14.8 Å². The van der Waals surface area contributed by atoms with E-state index in [9.17, 15) is 18.0 Å². The highest BCUT2D eigenvalue weighted by Crippen LogP contribution is 2.33. The van der Waals surface area contributed by atoms with Crippen molar-refractivity contribution in [1.82, 2.24) is 10.2 Å². The van der Waals surface area contributed by atoms with Crippen LogP contribution in [0.5, 0.6) is 11.5 Å².